The van der Waals surface area contributed by atoms with Crippen LogP contribution in [0.3, 0.4) is 0 Å². The van der Waals surface area contributed by atoms with Crippen molar-refractivity contribution < 1.29 is 36.2 Å². The van der Waals surface area contributed by atoms with Gasteiger partial charge in [0.25, 0.3) is 6.43 Å². The van der Waals surface area contributed by atoms with Crippen molar-refractivity contribution in [3.05, 3.63) is 99.9 Å². The second kappa shape index (κ2) is 12.5. The van der Waals surface area contributed by atoms with E-state index in [-0.39, 0.29) is 34.8 Å². The molecule has 15 heteroatoms. The van der Waals surface area contributed by atoms with Gasteiger partial charge < -0.3 is 16.2 Å². The standard InChI is InChI=1S/C37H29F6N7O2/c1-18-45-35(44)28-6-4-5-27(50(18)28)24-8-7-22(11-12-36(2,3)52)46-31(24)26(15-19-13-20(38)16-21(39)14-19)47-29(51)17-49-33-30(32(48-49)34(40)41)23-9-10-25(23)37(33,42)43/h4-8,13-14,16,23,25-26,34,52H,15,17,44H2,1-3H3,(H,47,51)/t23-,25+,26-/m0/s1. The minimum Gasteiger partial charge on any atom is -0.382 e. The number of aromatic nitrogens is 5. The van der Waals surface area contributed by atoms with E-state index in [4.69, 9.17) is 10.7 Å². The second-order valence-corrected chi connectivity index (χ2v) is 13.2. The van der Waals surface area contributed by atoms with Crippen LogP contribution in [0, 0.1) is 48.2 Å². The molecule has 0 aliphatic heterocycles. The van der Waals surface area contributed by atoms with Gasteiger partial charge in [-0.2, -0.15) is 13.9 Å². The normalized spacial score (nSPS) is 17.4. The van der Waals surface area contributed by atoms with Crippen LogP contribution in [0.2, 0.25) is 0 Å². The van der Waals surface area contributed by atoms with E-state index in [0.717, 1.165) is 12.1 Å². The molecule has 2 aliphatic rings. The monoisotopic (exact) mass is 717 g/mol. The van der Waals surface area contributed by atoms with Crippen molar-refractivity contribution in [2.75, 3.05) is 5.73 Å². The van der Waals surface area contributed by atoms with Gasteiger partial charge in [-0.25, -0.2) is 27.5 Å². The Morgan fingerprint density at radius 1 is 1.10 bits per heavy atom. The van der Waals surface area contributed by atoms with Gasteiger partial charge in [0.2, 0.25) is 5.91 Å². The highest BCUT2D eigenvalue weighted by molar-refractivity contribution is 5.78. The topological polar surface area (TPSA) is 123 Å². The number of benzene rings is 1. The average Bonchev–Trinajstić information content (AvgIpc) is 3.59. The summed E-state index contributed by atoms with van der Waals surface area (Å²) in [7, 11) is 0. The third kappa shape index (κ3) is 6.11. The number of carbonyl (C=O) groups excluding carboxylic acids is 1. The Labute approximate surface area is 292 Å². The number of amides is 1. The van der Waals surface area contributed by atoms with Crippen LogP contribution in [-0.2, 0) is 23.7 Å². The first-order valence-corrected chi connectivity index (χ1v) is 16.0. The van der Waals surface area contributed by atoms with Crippen molar-refractivity contribution in [1.82, 2.24) is 29.5 Å². The molecule has 3 atom stereocenters. The van der Waals surface area contributed by atoms with Gasteiger partial charge in [0.15, 0.2) is 0 Å². The molecule has 0 radical (unpaired) electrons. The zero-order valence-electron chi connectivity index (χ0n) is 27.8. The van der Waals surface area contributed by atoms with E-state index < -0.39 is 71.3 Å². The van der Waals surface area contributed by atoms with E-state index in [1.165, 1.54) is 13.8 Å². The largest absolute Gasteiger partial charge is 0.382 e. The summed E-state index contributed by atoms with van der Waals surface area (Å²) < 4.78 is 90.2. The predicted octanol–water partition coefficient (Wildman–Crippen LogP) is 5.74. The molecule has 9 nitrogen and oxygen atoms in total. The lowest BCUT2D eigenvalue weighted by atomic mass is 9.84. The summed E-state index contributed by atoms with van der Waals surface area (Å²) in [6, 6.07) is 10.0. The second-order valence-electron chi connectivity index (χ2n) is 13.2. The van der Waals surface area contributed by atoms with Gasteiger partial charge in [-0.1, -0.05) is 23.8 Å². The fraction of sp³-hybridized carbons (Fsp3) is 0.297. The summed E-state index contributed by atoms with van der Waals surface area (Å²) in [6.07, 6.45) is -3.47. The zero-order valence-corrected chi connectivity index (χ0v) is 27.8. The molecule has 4 N–H and O–H groups in total. The van der Waals surface area contributed by atoms with Crippen LogP contribution in [0.15, 0.2) is 48.5 Å². The number of rotatable bonds is 8. The van der Waals surface area contributed by atoms with Gasteiger partial charge in [0.1, 0.15) is 58.4 Å². The number of halogens is 6. The molecule has 0 unspecified atom stereocenters. The number of alkyl halides is 4. The maximum absolute atomic E-state index is 15.4. The number of fused-ring (bicyclic) bond motifs is 4. The number of carbonyl (C=O) groups is 1. The number of nitrogens with two attached hydrogens (primary N) is 1. The molecule has 0 spiro atoms. The highest BCUT2D eigenvalue weighted by Crippen LogP contribution is 2.57. The fourth-order valence-corrected chi connectivity index (χ4v) is 6.71. The first kappa shape index (κ1) is 34.6. The Morgan fingerprint density at radius 3 is 2.48 bits per heavy atom. The summed E-state index contributed by atoms with van der Waals surface area (Å²) in [5.74, 6) is 2.04. The first-order valence-electron chi connectivity index (χ1n) is 16.0. The Balaban J connectivity index is 1.36. The molecular formula is C37H29F6N7O2. The van der Waals surface area contributed by atoms with Crippen molar-refractivity contribution in [1.29, 1.82) is 0 Å². The van der Waals surface area contributed by atoms with Gasteiger partial charge in [-0.3, -0.25) is 13.9 Å². The number of aliphatic hydroxyl groups is 1. The lowest BCUT2D eigenvalue weighted by Crippen LogP contribution is -2.36. The molecule has 2 aliphatic carbocycles. The number of imidazole rings is 1. The van der Waals surface area contributed by atoms with Crippen LogP contribution in [0.25, 0.3) is 16.8 Å². The third-order valence-electron chi connectivity index (χ3n) is 8.85. The molecule has 0 saturated carbocycles. The third-order valence-corrected chi connectivity index (χ3v) is 8.85. The Bertz CT molecular complexity index is 2390. The summed E-state index contributed by atoms with van der Waals surface area (Å²) in [5.41, 5.74) is 4.54. The molecule has 52 heavy (non-hydrogen) atoms. The number of anilines is 1. The Kier molecular flexibility index (Phi) is 8.30. The summed E-state index contributed by atoms with van der Waals surface area (Å²) in [4.78, 5) is 22.9. The predicted molar refractivity (Wildman–Crippen MR) is 177 cm³/mol. The Hall–Kier alpha value is -5.80. The molecule has 0 bridgehead atoms. The number of pyridine rings is 2. The van der Waals surface area contributed by atoms with E-state index in [1.54, 1.807) is 41.7 Å². The molecule has 4 aromatic heterocycles. The van der Waals surface area contributed by atoms with E-state index in [2.05, 4.69) is 39.1 Å². The minimum absolute atomic E-state index is 0.102. The van der Waals surface area contributed by atoms with E-state index in [1.807, 2.05) is 0 Å². The lowest BCUT2D eigenvalue weighted by molar-refractivity contribution is -0.123. The number of nitrogens with zero attached hydrogens (tertiary/aromatic N) is 5. The van der Waals surface area contributed by atoms with Gasteiger partial charge in [0, 0.05) is 17.2 Å². The molecule has 5 aromatic rings. The summed E-state index contributed by atoms with van der Waals surface area (Å²) in [5, 5.41) is 16.7. The molecule has 1 aromatic carbocycles. The van der Waals surface area contributed by atoms with Crippen LogP contribution >= 0.6 is 0 Å². The number of aryl methyl sites for hydroxylation is 1. The van der Waals surface area contributed by atoms with Crippen LogP contribution in [0.4, 0.5) is 32.2 Å². The molecule has 266 valence electrons. The number of hydrogen-bond acceptors (Lipinski definition) is 6. The maximum Gasteiger partial charge on any atom is 0.304 e. The van der Waals surface area contributed by atoms with Crippen molar-refractivity contribution in [3.63, 3.8) is 0 Å². The van der Waals surface area contributed by atoms with Crippen LogP contribution in [0.5, 0.6) is 0 Å². The van der Waals surface area contributed by atoms with Crippen LogP contribution < -0.4 is 11.1 Å². The maximum atomic E-state index is 15.4. The highest BCUT2D eigenvalue weighted by Gasteiger charge is 2.60. The van der Waals surface area contributed by atoms with Crippen molar-refractivity contribution >= 4 is 17.2 Å². The smallest absolute Gasteiger partial charge is 0.304 e. The quantitative estimate of drug-likeness (QED) is 0.139. The number of hydrogen-bond donors (Lipinski definition) is 3. The van der Waals surface area contributed by atoms with E-state index >= 15 is 8.78 Å². The van der Waals surface area contributed by atoms with E-state index in [0.29, 0.717) is 33.3 Å². The van der Waals surface area contributed by atoms with Gasteiger partial charge in [-0.15, -0.1) is 0 Å². The SMILES string of the molecule is Cc1nc(N)c2cccc(-c3ccc(C#CC(C)(C)O)nc3[C@H](Cc3cc(F)cc(F)c3)NC(=O)Cn3nc(C(F)F)c4c3C(F)(F)[C@@H]3C#C[C@H]43)n12. The minimum atomic E-state index is -3.64. The molecule has 1 amide bonds. The van der Waals surface area contributed by atoms with Gasteiger partial charge in [0.05, 0.1) is 28.9 Å². The van der Waals surface area contributed by atoms with Crippen LogP contribution in [-0.4, -0.2) is 40.8 Å². The van der Waals surface area contributed by atoms with Crippen molar-refractivity contribution in [3.8, 4) is 34.9 Å². The molecule has 7 rings (SSSR count). The number of nitrogens with one attached hydrogen (secondary N) is 1. The van der Waals surface area contributed by atoms with Crippen LogP contribution in [0.1, 0.15) is 72.0 Å². The average molecular weight is 718 g/mol. The molecule has 0 fully saturated rings. The highest BCUT2D eigenvalue weighted by atomic mass is 19.3. The molecule has 0 saturated heterocycles. The van der Waals surface area contributed by atoms with Gasteiger partial charge >= 0.3 is 5.92 Å². The lowest BCUT2D eigenvalue weighted by Gasteiger charge is -2.24. The zero-order chi connectivity index (χ0) is 37.3. The van der Waals surface area contributed by atoms with Gasteiger partial charge in [-0.05, 0) is 75.1 Å². The first-order chi connectivity index (χ1) is 24.5. The van der Waals surface area contributed by atoms with Crippen molar-refractivity contribution in [2.45, 2.75) is 63.6 Å². The fourth-order valence-electron chi connectivity index (χ4n) is 6.71. The number of nitrogen functional groups attached to an aromatic ring is 1. The summed E-state index contributed by atoms with van der Waals surface area (Å²) >= 11 is 0. The van der Waals surface area contributed by atoms with Crippen molar-refractivity contribution in [2.24, 2.45) is 5.92 Å². The Morgan fingerprint density at radius 2 is 1.83 bits per heavy atom. The molecule has 4 heterocycles. The molecular weight excluding hydrogens is 688 g/mol. The summed E-state index contributed by atoms with van der Waals surface area (Å²) in [6.45, 7) is 3.76. The van der Waals surface area contributed by atoms with E-state index in [9.17, 15) is 27.5 Å².